The average Bonchev–Trinajstić information content (AvgIpc) is 1.91. The van der Waals surface area contributed by atoms with E-state index >= 15 is 0 Å². The summed E-state index contributed by atoms with van der Waals surface area (Å²) >= 11 is 0. The molecule has 0 rings (SSSR count). The lowest BCUT2D eigenvalue weighted by molar-refractivity contribution is 0.0650. The lowest BCUT2D eigenvalue weighted by Gasteiger charge is -1.94. The number of nitrogens with one attached hydrogen (secondary N) is 1. The van der Waals surface area contributed by atoms with Crippen molar-refractivity contribution in [1.29, 1.82) is 5.41 Å². The normalized spacial score (nSPS) is 7.80. The van der Waals surface area contributed by atoms with E-state index in [4.69, 9.17) is 15.6 Å². The summed E-state index contributed by atoms with van der Waals surface area (Å²) in [4.78, 5) is 0. The van der Waals surface area contributed by atoms with E-state index in [1.807, 2.05) is 0 Å². The van der Waals surface area contributed by atoms with Crippen LogP contribution >= 0.6 is 0 Å². The molecule has 0 aliphatic heterocycles. The van der Waals surface area contributed by atoms with Gasteiger partial charge in [-0.15, -0.1) is 0 Å². The van der Waals surface area contributed by atoms with Gasteiger partial charge in [0.15, 0.2) is 0 Å². The fourth-order valence-corrected chi connectivity index (χ4v) is 0.231. The van der Waals surface area contributed by atoms with Gasteiger partial charge in [0, 0.05) is 0 Å². The van der Waals surface area contributed by atoms with Crippen LogP contribution in [0.2, 0.25) is 0 Å². The van der Waals surface area contributed by atoms with Gasteiger partial charge in [-0.2, -0.15) is 0 Å². The van der Waals surface area contributed by atoms with Gasteiger partial charge in [-0.05, 0) is 0 Å². The van der Waals surface area contributed by atoms with Crippen molar-refractivity contribution in [2.45, 2.75) is 0 Å². The molecule has 0 unspecified atom stereocenters. The third-order valence-corrected chi connectivity index (χ3v) is 0.471. The maximum atomic E-state index is 8.09. The molecule has 0 fully saturated rings. The smallest absolute Gasteiger partial charge is 0.0765 e. The molecule has 0 aromatic rings. The third kappa shape index (κ3) is 26.4. The molecule has 0 heterocycles. The zero-order chi connectivity index (χ0) is 8.24. The first-order valence-electron chi connectivity index (χ1n) is 2.83. The van der Waals surface area contributed by atoms with Gasteiger partial charge in [0.1, 0.15) is 0 Å². The van der Waals surface area contributed by atoms with Gasteiger partial charge >= 0.3 is 0 Å². The van der Waals surface area contributed by atoms with Crippen LogP contribution < -0.4 is 5.73 Å². The van der Waals surface area contributed by atoms with E-state index in [-0.39, 0.29) is 13.2 Å². The summed E-state index contributed by atoms with van der Waals surface area (Å²) in [6.45, 7) is 0.696. The third-order valence-electron chi connectivity index (χ3n) is 0.471. The van der Waals surface area contributed by atoms with Crippen LogP contribution in [0.4, 0.5) is 0 Å². The number of hydrogen-bond acceptors (Lipinski definition) is 4. The minimum atomic E-state index is 0.0278. The van der Waals surface area contributed by atoms with E-state index in [2.05, 4.69) is 10.5 Å². The predicted molar refractivity (Wildman–Crippen MR) is 38.0 cm³/mol. The molecular weight excluding hydrogens is 136 g/mol. The number of rotatable bonds is 4. The second kappa shape index (κ2) is 15.8. The molecule has 0 radical (unpaired) electrons. The van der Waals surface area contributed by atoms with Gasteiger partial charge in [-0.25, -0.2) is 0 Å². The van der Waals surface area contributed by atoms with Gasteiger partial charge in [0.2, 0.25) is 0 Å². The van der Waals surface area contributed by atoms with Crippen LogP contribution in [0.1, 0.15) is 0 Å². The Morgan fingerprint density at radius 2 is 1.60 bits per heavy atom. The number of hydrogen-bond donors (Lipinski definition) is 4. The fourth-order valence-electron chi connectivity index (χ4n) is 0.231. The van der Waals surface area contributed by atoms with E-state index in [0.717, 1.165) is 6.34 Å². The molecule has 0 aliphatic rings. The molecule has 0 aromatic carbocycles. The second-order valence-corrected chi connectivity index (χ2v) is 1.23. The maximum absolute atomic E-state index is 8.09. The van der Waals surface area contributed by atoms with E-state index in [1.54, 1.807) is 0 Å². The van der Waals surface area contributed by atoms with Gasteiger partial charge in [-0.3, -0.25) is 5.41 Å². The molecule has 0 saturated carbocycles. The Labute approximate surface area is 59.9 Å². The van der Waals surface area contributed by atoms with Crippen LogP contribution in [-0.2, 0) is 4.74 Å². The van der Waals surface area contributed by atoms with Crippen molar-refractivity contribution in [1.82, 2.24) is 0 Å². The van der Waals surface area contributed by atoms with Gasteiger partial charge in [0.05, 0.1) is 32.8 Å². The first-order valence-corrected chi connectivity index (χ1v) is 2.83. The second-order valence-electron chi connectivity index (χ2n) is 1.23. The average molecular weight is 150 g/mol. The maximum Gasteiger partial charge on any atom is 0.0765 e. The molecule has 5 nitrogen and oxygen atoms in total. The van der Waals surface area contributed by atoms with E-state index < -0.39 is 0 Å². The first-order chi connectivity index (χ1) is 4.83. The predicted octanol–water partition coefficient (Wildman–Crippen LogP) is -1.46. The minimum absolute atomic E-state index is 0.0278. The lowest BCUT2D eigenvalue weighted by atomic mass is 10.7. The molecule has 0 aliphatic carbocycles. The highest BCUT2D eigenvalue weighted by Crippen LogP contribution is 1.68. The van der Waals surface area contributed by atoms with Crippen LogP contribution in [0.3, 0.4) is 0 Å². The van der Waals surface area contributed by atoms with Crippen molar-refractivity contribution in [3.63, 3.8) is 0 Å². The van der Waals surface area contributed by atoms with Crippen molar-refractivity contribution < 1.29 is 14.9 Å². The SMILES string of the molecule is N=CN.OCCOCCO. The number of aliphatic hydroxyl groups excluding tert-OH is 2. The van der Waals surface area contributed by atoms with Crippen molar-refractivity contribution in [3.05, 3.63) is 0 Å². The molecule has 10 heavy (non-hydrogen) atoms. The molecule has 0 bridgehead atoms. The Hall–Kier alpha value is -0.650. The quantitative estimate of drug-likeness (QED) is 0.223. The molecule has 0 atom stereocenters. The fraction of sp³-hybridized carbons (Fsp3) is 0.800. The number of ether oxygens (including phenoxy) is 1. The van der Waals surface area contributed by atoms with Crippen molar-refractivity contribution in [2.24, 2.45) is 5.73 Å². The van der Waals surface area contributed by atoms with Crippen molar-refractivity contribution in [2.75, 3.05) is 26.4 Å². The molecule has 0 aromatic heterocycles. The zero-order valence-electron chi connectivity index (χ0n) is 5.79. The Kier molecular flexibility index (Phi) is 19.0. The highest BCUT2D eigenvalue weighted by Gasteiger charge is 1.79. The van der Waals surface area contributed by atoms with Gasteiger partial charge in [0.25, 0.3) is 0 Å². The first kappa shape index (κ1) is 12.1. The van der Waals surface area contributed by atoms with Gasteiger partial charge < -0.3 is 20.7 Å². The summed E-state index contributed by atoms with van der Waals surface area (Å²) < 4.78 is 4.63. The largest absolute Gasteiger partial charge is 0.394 e. The van der Waals surface area contributed by atoms with Crippen LogP contribution in [0.5, 0.6) is 0 Å². The Bertz CT molecular complexity index is 56.9. The summed E-state index contributed by atoms with van der Waals surface area (Å²) in [5.74, 6) is 0. The summed E-state index contributed by atoms with van der Waals surface area (Å²) in [6, 6.07) is 0. The molecule has 0 spiro atoms. The van der Waals surface area contributed by atoms with E-state index in [0.29, 0.717) is 13.2 Å². The van der Waals surface area contributed by atoms with Crippen LogP contribution in [0, 0.1) is 5.41 Å². The lowest BCUT2D eigenvalue weighted by Crippen LogP contribution is -2.03. The number of nitrogens with two attached hydrogens (primary N) is 1. The van der Waals surface area contributed by atoms with E-state index in [1.165, 1.54) is 0 Å². The van der Waals surface area contributed by atoms with Crippen LogP contribution in [-0.4, -0.2) is 43.0 Å². The van der Waals surface area contributed by atoms with E-state index in [9.17, 15) is 0 Å². The summed E-state index contributed by atoms with van der Waals surface area (Å²) in [7, 11) is 0. The Morgan fingerprint density at radius 1 is 1.30 bits per heavy atom. The Balaban J connectivity index is 0. The Morgan fingerprint density at radius 3 is 1.80 bits per heavy atom. The monoisotopic (exact) mass is 150 g/mol. The van der Waals surface area contributed by atoms with Crippen molar-refractivity contribution in [3.8, 4) is 0 Å². The molecule has 0 saturated heterocycles. The molecule has 62 valence electrons. The summed E-state index contributed by atoms with van der Waals surface area (Å²) in [5.41, 5.74) is 4.39. The molecule has 5 heteroatoms. The molecule has 5 N–H and O–H groups in total. The molecular formula is C5H14N2O3. The standard InChI is InChI=1S/C4H10O3.CH4N2/c5-1-3-7-4-2-6;2-1-3/h5-6H,1-4H2;1H,(H3,2,3). The zero-order valence-corrected chi connectivity index (χ0v) is 5.79. The molecule has 0 amide bonds. The topological polar surface area (TPSA) is 99.6 Å². The number of aliphatic hydroxyl groups is 2. The van der Waals surface area contributed by atoms with Crippen molar-refractivity contribution >= 4 is 6.34 Å². The highest BCUT2D eigenvalue weighted by atomic mass is 16.5. The van der Waals surface area contributed by atoms with Crippen LogP contribution in [0.25, 0.3) is 0 Å². The minimum Gasteiger partial charge on any atom is -0.394 e. The summed E-state index contributed by atoms with van der Waals surface area (Å²) in [5, 5.41) is 22.0. The van der Waals surface area contributed by atoms with Gasteiger partial charge in [-0.1, -0.05) is 0 Å². The van der Waals surface area contributed by atoms with Crippen LogP contribution in [0.15, 0.2) is 0 Å². The highest BCUT2D eigenvalue weighted by molar-refractivity contribution is 5.46. The summed E-state index contributed by atoms with van der Waals surface area (Å²) in [6.07, 6.45) is 0.750.